The number of hydrogen-bond donors (Lipinski definition) is 0. The molecule has 47 heavy (non-hydrogen) atoms. The zero-order valence-electron chi connectivity index (χ0n) is 25.4. The lowest BCUT2D eigenvalue weighted by molar-refractivity contribution is 0.628. The molecule has 0 saturated heterocycles. The van der Waals surface area contributed by atoms with Crippen molar-refractivity contribution < 1.29 is 4.39 Å². The van der Waals surface area contributed by atoms with Crippen LogP contribution in [0.15, 0.2) is 164 Å². The van der Waals surface area contributed by atoms with Crippen LogP contribution >= 0.6 is 0 Å². The van der Waals surface area contributed by atoms with Crippen LogP contribution in [0.4, 0.5) is 21.5 Å². The van der Waals surface area contributed by atoms with Crippen LogP contribution < -0.4 is 4.90 Å². The Kier molecular flexibility index (Phi) is 6.00. The van der Waals surface area contributed by atoms with E-state index in [2.05, 4.69) is 120 Å². The number of halogens is 1. The Morgan fingerprint density at radius 1 is 0.489 bits per heavy atom. The molecular weight excluding hydrogens is 575 g/mol. The van der Waals surface area contributed by atoms with Gasteiger partial charge >= 0.3 is 0 Å². The number of benzene rings is 7. The van der Waals surface area contributed by atoms with Crippen molar-refractivity contribution >= 4 is 17.1 Å². The van der Waals surface area contributed by atoms with E-state index in [1.54, 1.807) is 6.07 Å². The molecule has 0 heterocycles. The Morgan fingerprint density at radius 2 is 1.02 bits per heavy atom. The van der Waals surface area contributed by atoms with Crippen LogP contribution in [0, 0.1) is 17.1 Å². The first-order valence-corrected chi connectivity index (χ1v) is 15.8. The molecule has 0 N–H and O–H groups in total. The largest absolute Gasteiger partial charge is 0.309 e. The third kappa shape index (κ3) is 3.82. The smallest absolute Gasteiger partial charge is 0.125 e. The van der Waals surface area contributed by atoms with Crippen LogP contribution in [0.3, 0.4) is 0 Å². The fraction of sp³-hybridized carbons (Fsp3) is 0.0227. The van der Waals surface area contributed by atoms with E-state index in [0.717, 1.165) is 22.6 Å². The van der Waals surface area contributed by atoms with Crippen molar-refractivity contribution in [1.29, 1.82) is 5.26 Å². The van der Waals surface area contributed by atoms with Crippen molar-refractivity contribution in [2.45, 2.75) is 5.41 Å². The molecule has 0 unspecified atom stereocenters. The van der Waals surface area contributed by atoms with Gasteiger partial charge in [0.25, 0.3) is 0 Å². The second kappa shape index (κ2) is 10.4. The van der Waals surface area contributed by atoms with Gasteiger partial charge in [0, 0.05) is 16.8 Å². The molecule has 7 aromatic rings. The average molecular weight is 603 g/mol. The van der Waals surface area contributed by atoms with Crippen molar-refractivity contribution in [3.8, 4) is 39.4 Å². The topological polar surface area (TPSA) is 27.0 Å². The summed E-state index contributed by atoms with van der Waals surface area (Å²) in [7, 11) is 0. The Labute approximate surface area is 273 Å². The Hall–Kier alpha value is -6.24. The Balaban J connectivity index is 1.38. The molecule has 0 radical (unpaired) electrons. The molecule has 0 aliphatic heterocycles. The third-order valence-electron chi connectivity index (χ3n) is 9.74. The van der Waals surface area contributed by atoms with Gasteiger partial charge in [0.1, 0.15) is 5.82 Å². The molecule has 0 aromatic heterocycles. The van der Waals surface area contributed by atoms with Gasteiger partial charge in [-0.25, -0.2) is 4.39 Å². The predicted molar refractivity (Wildman–Crippen MR) is 188 cm³/mol. The van der Waals surface area contributed by atoms with Crippen LogP contribution in [0.25, 0.3) is 33.4 Å². The number of nitrogens with zero attached hydrogens (tertiary/aromatic N) is 2. The molecule has 0 saturated carbocycles. The number of fused-ring (bicyclic) bond motifs is 10. The minimum absolute atomic E-state index is 0.288. The zero-order valence-corrected chi connectivity index (χ0v) is 25.4. The monoisotopic (exact) mass is 602 g/mol. The predicted octanol–water partition coefficient (Wildman–Crippen LogP) is 11.2. The van der Waals surface area contributed by atoms with Crippen LogP contribution in [0.5, 0.6) is 0 Å². The molecule has 0 atom stereocenters. The van der Waals surface area contributed by atoms with Gasteiger partial charge in [0.15, 0.2) is 0 Å². The minimum atomic E-state index is -0.471. The normalized spacial score (nSPS) is 12.9. The third-order valence-corrected chi connectivity index (χ3v) is 9.74. The van der Waals surface area contributed by atoms with Crippen molar-refractivity contribution in [3.63, 3.8) is 0 Å². The van der Waals surface area contributed by atoms with Crippen molar-refractivity contribution in [2.24, 2.45) is 0 Å². The van der Waals surface area contributed by atoms with Crippen molar-refractivity contribution in [1.82, 2.24) is 0 Å². The lowest BCUT2D eigenvalue weighted by atomic mass is 9.70. The maximum atomic E-state index is 14.9. The first-order valence-electron chi connectivity index (χ1n) is 15.8. The average Bonchev–Trinajstić information content (AvgIpc) is 3.60. The zero-order chi connectivity index (χ0) is 31.5. The molecule has 220 valence electrons. The maximum Gasteiger partial charge on any atom is 0.125 e. The fourth-order valence-electron chi connectivity index (χ4n) is 8.02. The number of anilines is 3. The van der Waals surface area contributed by atoms with E-state index < -0.39 is 11.2 Å². The summed E-state index contributed by atoms with van der Waals surface area (Å²) in [6.07, 6.45) is 0. The molecule has 1 spiro atoms. The summed E-state index contributed by atoms with van der Waals surface area (Å²) >= 11 is 0. The summed E-state index contributed by atoms with van der Waals surface area (Å²) < 4.78 is 14.9. The Bertz CT molecular complexity index is 2360. The van der Waals surface area contributed by atoms with E-state index in [1.165, 1.54) is 56.6 Å². The molecule has 9 rings (SSSR count). The minimum Gasteiger partial charge on any atom is -0.309 e. The molecule has 0 bridgehead atoms. The van der Waals surface area contributed by atoms with Gasteiger partial charge in [0.2, 0.25) is 0 Å². The molecule has 3 heteroatoms. The van der Waals surface area contributed by atoms with Gasteiger partial charge in [-0.2, -0.15) is 5.26 Å². The fourth-order valence-corrected chi connectivity index (χ4v) is 8.02. The summed E-state index contributed by atoms with van der Waals surface area (Å²) in [6, 6.07) is 58.1. The molecular formula is C44H27FN2. The van der Waals surface area contributed by atoms with Crippen LogP contribution in [-0.4, -0.2) is 0 Å². The lowest BCUT2D eigenvalue weighted by Crippen LogP contribution is -2.26. The van der Waals surface area contributed by atoms with Crippen LogP contribution in [0.2, 0.25) is 0 Å². The second-order valence-electron chi connectivity index (χ2n) is 12.1. The second-order valence-corrected chi connectivity index (χ2v) is 12.1. The standard InChI is InChI=1S/C44H27FN2/c45-31-26-29(28-46)25-30(27-31)33-15-7-11-23-41(33)47(32-13-2-1-3-14-32)42-24-12-22-40-43(42)36-18-6-10-21-39(36)44(40)37-19-8-4-16-34(37)35-17-5-9-20-38(35)44/h1-27H. The van der Waals surface area contributed by atoms with Gasteiger partial charge in [-0.05, 0) is 87.0 Å². The van der Waals surface area contributed by atoms with Crippen LogP contribution in [0.1, 0.15) is 27.8 Å². The lowest BCUT2D eigenvalue weighted by Gasteiger charge is -2.32. The molecule has 0 fully saturated rings. The molecule has 2 nitrogen and oxygen atoms in total. The van der Waals surface area contributed by atoms with Gasteiger partial charge < -0.3 is 4.90 Å². The number of nitriles is 1. The van der Waals surface area contributed by atoms with E-state index in [9.17, 15) is 9.65 Å². The molecule has 7 aromatic carbocycles. The van der Waals surface area contributed by atoms with E-state index in [1.807, 2.05) is 36.4 Å². The van der Waals surface area contributed by atoms with Crippen LogP contribution in [-0.2, 0) is 5.41 Å². The summed E-state index contributed by atoms with van der Waals surface area (Å²) in [4.78, 5) is 2.29. The SMILES string of the molecule is N#Cc1cc(F)cc(-c2ccccc2N(c2ccccc2)c2cccc3c2-c2ccccc2C32c3ccccc3-c3ccccc32)c1. The summed E-state index contributed by atoms with van der Waals surface area (Å²) in [5.74, 6) is -0.435. The van der Waals surface area contributed by atoms with Gasteiger partial charge in [-0.15, -0.1) is 0 Å². The molecule has 0 amide bonds. The van der Waals surface area contributed by atoms with Gasteiger partial charge in [-0.3, -0.25) is 0 Å². The summed E-state index contributed by atoms with van der Waals surface area (Å²) in [5, 5.41) is 9.68. The maximum absolute atomic E-state index is 14.9. The number of para-hydroxylation sites is 2. The van der Waals surface area contributed by atoms with E-state index in [4.69, 9.17) is 0 Å². The van der Waals surface area contributed by atoms with Gasteiger partial charge in [-0.1, -0.05) is 121 Å². The highest BCUT2D eigenvalue weighted by atomic mass is 19.1. The molecule has 2 aliphatic rings. The Morgan fingerprint density at radius 3 is 1.70 bits per heavy atom. The highest BCUT2D eigenvalue weighted by molar-refractivity contribution is 6.02. The first kappa shape index (κ1) is 27.1. The highest BCUT2D eigenvalue weighted by Crippen LogP contribution is 2.64. The number of rotatable bonds is 4. The van der Waals surface area contributed by atoms with Gasteiger partial charge in [0.05, 0.1) is 28.4 Å². The van der Waals surface area contributed by atoms with Crippen molar-refractivity contribution in [3.05, 3.63) is 197 Å². The highest BCUT2D eigenvalue weighted by Gasteiger charge is 2.52. The number of hydrogen-bond acceptors (Lipinski definition) is 2. The van der Waals surface area contributed by atoms with E-state index in [0.29, 0.717) is 5.56 Å². The summed E-state index contributed by atoms with van der Waals surface area (Å²) in [6.45, 7) is 0. The molecule has 2 aliphatic carbocycles. The quantitative estimate of drug-likeness (QED) is 0.200. The van der Waals surface area contributed by atoms with E-state index in [-0.39, 0.29) is 5.56 Å². The first-order chi connectivity index (χ1) is 23.2. The summed E-state index contributed by atoms with van der Waals surface area (Å²) in [5.41, 5.74) is 14.2. The van der Waals surface area contributed by atoms with Crippen molar-refractivity contribution in [2.75, 3.05) is 4.90 Å². The van der Waals surface area contributed by atoms with E-state index >= 15 is 0 Å².